The van der Waals surface area contributed by atoms with Crippen LogP contribution >= 0.6 is 11.6 Å². The van der Waals surface area contributed by atoms with Crippen LogP contribution in [0.3, 0.4) is 0 Å². The predicted molar refractivity (Wildman–Crippen MR) is 71.5 cm³/mol. The van der Waals surface area contributed by atoms with Crippen molar-refractivity contribution in [2.45, 2.75) is 45.6 Å². The largest absolute Gasteiger partial charge is 0.355 e. The van der Waals surface area contributed by atoms with Gasteiger partial charge in [-0.3, -0.25) is 4.98 Å². The number of aromatic nitrogens is 2. The molecule has 17 heavy (non-hydrogen) atoms. The van der Waals surface area contributed by atoms with Gasteiger partial charge in [0.2, 0.25) is 0 Å². The first-order valence-corrected chi connectivity index (χ1v) is 6.56. The van der Waals surface area contributed by atoms with E-state index in [0.717, 1.165) is 5.82 Å². The highest BCUT2D eigenvalue weighted by Crippen LogP contribution is 2.37. The van der Waals surface area contributed by atoms with Gasteiger partial charge in [-0.25, -0.2) is 4.98 Å². The molecule has 0 saturated heterocycles. The molecule has 0 bridgehead atoms. The maximum Gasteiger partial charge on any atom is 0.149 e. The molecule has 0 aromatic carbocycles. The second-order valence-electron chi connectivity index (χ2n) is 5.71. The summed E-state index contributed by atoms with van der Waals surface area (Å²) >= 11 is 5.87. The van der Waals surface area contributed by atoms with Crippen molar-refractivity contribution >= 4 is 17.4 Å². The fourth-order valence-corrected chi connectivity index (χ4v) is 2.60. The molecule has 0 N–H and O–H groups in total. The number of hydrogen-bond donors (Lipinski definition) is 0. The third-order valence-electron chi connectivity index (χ3n) is 3.81. The van der Waals surface area contributed by atoms with Crippen LogP contribution in [0.15, 0.2) is 12.4 Å². The summed E-state index contributed by atoms with van der Waals surface area (Å²) in [5.41, 5.74) is 0.497. The molecule has 1 fully saturated rings. The van der Waals surface area contributed by atoms with Gasteiger partial charge in [0.1, 0.15) is 11.0 Å². The Kier molecular flexibility index (Phi) is 3.57. The number of rotatable bonds is 2. The molecule has 1 heterocycles. The van der Waals surface area contributed by atoms with Crippen molar-refractivity contribution in [3.8, 4) is 0 Å². The van der Waals surface area contributed by atoms with E-state index in [4.69, 9.17) is 11.6 Å². The highest BCUT2D eigenvalue weighted by atomic mass is 35.5. The fourth-order valence-electron chi connectivity index (χ4n) is 2.46. The minimum atomic E-state index is 0.463. The molecular weight excluding hydrogens is 234 g/mol. The highest BCUT2D eigenvalue weighted by molar-refractivity contribution is 6.29. The summed E-state index contributed by atoms with van der Waals surface area (Å²) in [7, 11) is 2.09. The van der Waals surface area contributed by atoms with Crippen molar-refractivity contribution in [2.75, 3.05) is 11.9 Å². The molecule has 1 aromatic rings. The topological polar surface area (TPSA) is 29.0 Å². The molecule has 2 rings (SSSR count). The summed E-state index contributed by atoms with van der Waals surface area (Å²) in [6.07, 6.45) is 8.34. The summed E-state index contributed by atoms with van der Waals surface area (Å²) in [5.74, 6) is 0.877. The van der Waals surface area contributed by atoms with Gasteiger partial charge >= 0.3 is 0 Å². The molecular formula is C13H20ClN3. The van der Waals surface area contributed by atoms with Gasteiger partial charge in [-0.15, -0.1) is 0 Å². The van der Waals surface area contributed by atoms with E-state index < -0.39 is 0 Å². The lowest BCUT2D eigenvalue weighted by atomic mass is 9.75. The average molecular weight is 254 g/mol. The third kappa shape index (κ3) is 3.09. The molecule has 3 nitrogen and oxygen atoms in total. The first-order chi connectivity index (χ1) is 7.98. The molecule has 0 amide bonds. The van der Waals surface area contributed by atoms with Crippen molar-refractivity contribution in [3.05, 3.63) is 17.5 Å². The van der Waals surface area contributed by atoms with Gasteiger partial charge in [-0.1, -0.05) is 25.4 Å². The molecule has 4 heteroatoms. The maximum absolute atomic E-state index is 5.87. The van der Waals surface area contributed by atoms with Crippen molar-refractivity contribution in [1.82, 2.24) is 9.97 Å². The maximum atomic E-state index is 5.87. The highest BCUT2D eigenvalue weighted by Gasteiger charge is 2.29. The van der Waals surface area contributed by atoms with Crippen LogP contribution in [-0.4, -0.2) is 23.1 Å². The smallest absolute Gasteiger partial charge is 0.149 e. The fraction of sp³-hybridized carbons (Fsp3) is 0.692. The van der Waals surface area contributed by atoms with Crippen LogP contribution < -0.4 is 4.90 Å². The lowest BCUT2D eigenvalue weighted by Gasteiger charge is -2.38. The van der Waals surface area contributed by atoms with E-state index in [1.54, 1.807) is 12.4 Å². The Morgan fingerprint density at radius 2 is 1.94 bits per heavy atom. The zero-order valence-corrected chi connectivity index (χ0v) is 11.5. The van der Waals surface area contributed by atoms with Crippen molar-refractivity contribution in [3.63, 3.8) is 0 Å². The second kappa shape index (κ2) is 4.81. The van der Waals surface area contributed by atoms with Gasteiger partial charge in [-0.2, -0.15) is 0 Å². The first-order valence-electron chi connectivity index (χ1n) is 6.18. The van der Waals surface area contributed by atoms with E-state index in [2.05, 4.69) is 35.8 Å². The molecule has 94 valence electrons. The van der Waals surface area contributed by atoms with Crippen LogP contribution in [0.25, 0.3) is 0 Å². The first kappa shape index (κ1) is 12.6. The Hall–Kier alpha value is -0.830. The quantitative estimate of drug-likeness (QED) is 0.807. The van der Waals surface area contributed by atoms with Crippen LogP contribution in [0.2, 0.25) is 5.15 Å². The SMILES string of the molecule is CN(c1cncc(Cl)n1)C1CCC(C)(C)CC1. The van der Waals surface area contributed by atoms with Crippen molar-refractivity contribution in [2.24, 2.45) is 5.41 Å². The predicted octanol–water partition coefficient (Wildman–Crippen LogP) is 3.54. The van der Waals surface area contributed by atoms with Gasteiger partial charge in [-0.05, 0) is 31.1 Å². The van der Waals surface area contributed by atoms with Gasteiger partial charge in [0, 0.05) is 13.1 Å². The average Bonchev–Trinajstić information content (AvgIpc) is 2.28. The lowest BCUT2D eigenvalue weighted by Crippen LogP contribution is -2.37. The third-order valence-corrected chi connectivity index (χ3v) is 3.99. The Morgan fingerprint density at radius 1 is 1.29 bits per heavy atom. The Morgan fingerprint density at radius 3 is 2.53 bits per heavy atom. The molecule has 0 unspecified atom stereocenters. The minimum Gasteiger partial charge on any atom is -0.355 e. The molecule has 0 aliphatic heterocycles. The van der Waals surface area contributed by atoms with Crippen LogP contribution in [-0.2, 0) is 0 Å². The van der Waals surface area contributed by atoms with Crippen LogP contribution in [0.1, 0.15) is 39.5 Å². The summed E-state index contributed by atoms with van der Waals surface area (Å²) in [6.45, 7) is 4.70. The lowest BCUT2D eigenvalue weighted by molar-refractivity contribution is 0.222. The molecule has 0 radical (unpaired) electrons. The zero-order chi connectivity index (χ0) is 12.5. The van der Waals surface area contributed by atoms with E-state index >= 15 is 0 Å². The number of anilines is 1. The normalized spacial score (nSPS) is 20.2. The standard InChI is InChI=1S/C13H20ClN3/c1-13(2)6-4-10(5-7-13)17(3)12-9-15-8-11(14)16-12/h8-10H,4-7H2,1-3H3. The van der Waals surface area contributed by atoms with E-state index in [9.17, 15) is 0 Å². The molecule has 1 aromatic heterocycles. The summed E-state index contributed by atoms with van der Waals surface area (Å²) < 4.78 is 0. The Labute approximate surface area is 108 Å². The second-order valence-corrected chi connectivity index (χ2v) is 6.09. The molecule has 0 spiro atoms. The molecule has 1 aliphatic rings. The number of nitrogens with zero attached hydrogens (tertiary/aromatic N) is 3. The zero-order valence-electron chi connectivity index (χ0n) is 10.8. The summed E-state index contributed by atoms with van der Waals surface area (Å²) in [6, 6.07) is 0.566. The van der Waals surface area contributed by atoms with E-state index in [1.165, 1.54) is 25.7 Å². The molecule has 1 aliphatic carbocycles. The van der Waals surface area contributed by atoms with E-state index in [0.29, 0.717) is 16.6 Å². The van der Waals surface area contributed by atoms with Crippen LogP contribution in [0.4, 0.5) is 5.82 Å². The van der Waals surface area contributed by atoms with Gasteiger partial charge < -0.3 is 4.90 Å². The van der Waals surface area contributed by atoms with E-state index in [1.807, 2.05) is 0 Å². The monoisotopic (exact) mass is 253 g/mol. The summed E-state index contributed by atoms with van der Waals surface area (Å²) in [4.78, 5) is 10.6. The van der Waals surface area contributed by atoms with E-state index in [-0.39, 0.29) is 0 Å². The Bertz CT molecular complexity index is 382. The molecule has 0 atom stereocenters. The van der Waals surface area contributed by atoms with Gasteiger partial charge in [0.05, 0.1) is 12.4 Å². The van der Waals surface area contributed by atoms with Crippen LogP contribution in [0, 0.1) is 5.41 Å². The molecule has 1 saturated carbocycles. The van der Waals surface area contributed by atoms with Crippen LogP contribution in [0.5, 0.6) is 0 Å². The van der Waals surface area contributed by atoms with Gasteiger partial charge in [0.15, 0.2) is 0 Å². The summed E-state index contributed by atoms with van der Waals surface area (Å²) in [5, 5.41) is 0.463. The number of hydrogen-bond acceptors (Lipinski definition) is 3. The minimum absolute atomic E-state index is 0.463. The Balaban J connectivity index is 2.04. The van der Waals surface area contributed by atoms with Crippen molar-refractivity contribution in [1.29, 1.82) is 0 Å². The van der Waals surface area contributed by atoms with Crippen molar-refractivity contribution < 1.29 is 0 Å². The van der Waals surface area contributed by atoms with Gasteiger partial charge in [0.25, 0.3) is 0 Å². The number of halogens is 1.